The van der Waals surface area contributed by atoms with E-state index in [1.54, 1.807) is 11.3 Å². The van der Waals surface area contributed by atoms with E-state index in [0.717, 1.165) is 32.4 Å². The average Bonchev–Trinajstić information content (AvgIpc) is 3.01. The van der Waals surface area contributed by atoms with Gasteiger partial charge in [0.2, 0.25) is 0 Å². The van der Waals surface area contributed by atoms with Crippen molar-refractivity contribution in [3.05, 3.63) is 16.5 Å². The van der Waals surface area contributed by atoms with Gasteiger partial charge in [0.1, 0.15) is 0 Å². The van der Waals surface area contributed by atoms with E-state index in [0.29, 0.717) is 11.3 Å². The van der Waals surface area contributed by atoms with Crippen molar-refractivity contribution in [2.75, 3.05) is 29.5 Å². The van der Waals surface area contributed by atoms with Crippen LogP contribution in [0, 0.1) is 0 Å². The molecule has 7 heteroatoms. The third kappa shape index (κ3) is 3.88. The Kier molecular flexibility index (Phi) is 4.96. The summed E-state index contributed by atoms with van der Waals surface area (Å²) in [4.78, 5) is 15.6. The number of thiophene rings is 1. The molecule has 2 aliphatic rings. The minimum Gasteiger partial charge on any atom is -0.363 e. The number of fused-ring (bicyclic) bond motifs is 1. The second-order valence-electron chi connectivity index (χ2n) is 6.46. The second-order valence-corrected chi connectivity index (χ2v) is 9.72. The lowest BCUT2D eigenvalue weighted by Gasteiger charge is -2.21. The fourth-order valence-corrected chi connectivity index (χ4v) is 6.18. The van der Waals surface area contributed by atoms with E-state index in [2.05, 4.69) is 17.1 Å². The summed E-state index contributed by atoms with van der Waals surface area (Å²) >= 11 is 1.55. The second kappa shape index (κ2) is 6.81. The number of nitrogens with zero attached hydrogens (tertiary/aromatic N) is 1. The molecule has 1 N–H and O–H groups in total. The van der Waals surface area contributed by atoms with Gasteiger partial charge in [-0.3, -0.25) is 4.79 Å². The molecule has 1 unspecified atom stereocenters. The molecule has 1 amide bonds. The molecule has 1 aromatic heterocycles. The van der Waals surface area contributed by atoms with Crippen LogP contribution < -0.4 is 10.2 Å². The van der Waals surface area contributed by atoms with Gasteiger partial charge in [-0.25, -0.2) is 8.42 Å². The van der Waals surface area contributed by atoms with Crippen LogP contribution in [0.4, 0.5) is 5.00 Å². The summed E-state index contributed by atoms with van der Waals surface area (Å²) in [6.45, 7) is 4.26. The van der Waals surface area contributed by atoms with E-state index in [-0.39, 0.29) is 23.5 Å². The normalized spacial score (nSPS) is 23.3. The zero-order valence-corrected chi connectivity index (χ0v) is 15.1. The highest BCUT2D eigenvalue weighted by Gasteiger charge is 2.30. The zero-order valence-electron chi connectivity index (χ0n) is 13.5. The van der Waals surface area contributed by atoms with Gasteiger partial charge in [0.15, 0.2) is 9.84 Å². The van der Waals surface area contributed by atoms with E-state index in [4.69, 9.17) is 0 Å². The predicted molar refractivity (Wildman–Crippen MR) is 94.3 cm³/mol. The molecule has 0 bridgehead atoms. The number of nitrogens with one attached hydrogen (secondary N) is 1. The molecule has 1 aromatic rings. The predicted octanol–water partition coefficient (Wildman–Crippen LogP) is 2.22. The molecule has 0 saturated carbocycles. The smallest absolute Gasteiger partial charge is 0.261 e. The third-order valence-corrected chi connectivity index (χ3v) is 7.49. The number of rotatable bonds is 4. The summed E-state index contributed by atoms with van der Waals surface area (Å²) in [6.07, 6.45) is 5.01. The standard InChI is InChI=1S/C16H24N2O3S2/c1-2-7-18-8-4-3-5-12-10-14(22-16(12)18)15(19)17-13-6-9-23(20,21)11-13/h10,13H,2-9,11H2,1H3,(H,17,19). The Morgan fingerprint density at radius 2 is 2.26 bits per heavy atom. The van der Waals surface area contributed by atoms with Crippen molar-refractivity contribution >= 4 is 32.1 Å². The minimum absolute atomic E-state index is 0.0752. The van der Waals surface area contributed by atoms with Crippen LogP contribution in [0.5, 0.6) is 0 Å². The Balaban J connectivity index is 1.73. The van der Waals surface area contributed by atoms with Gasteiger partial charge in [0.05, 0.1) is 21.4 Å². The average molecular weight is 357 g/mol. The van der Waals surface area contributed by atoms with Crippen LogP contribution in [0.25, 0.3) is 0 Å². The highest BCUT2D eigenvalue weighted by molar-refractivity contribution is 7.91. The van der Waals surface area contributed by atoms with Gasteiger partial charge in [-0.05, 0) is 43.7 Å². The number of hydrogen-bond donors (Lipinski definition) is 1. The van der Waals surface area contributed by atoms with Crippen molar-refractivity contribution in [2.24, 2.45) is 0 Å². The van der Waals surface area contributed by atoms with Crippen molar-refractivity contribution in [2.45, 2.75) is 45.1 Å². The van der Waals surface area contributed by atoms with Crippen molar-refractivity contribution in [1.29, 1.82) is 0 Å². The molecule has 23 heavy (non-hydrogen) atoms. The molecule has 3 rings (SSSR count). The van der Waals surface area contributed by atoms with E-state index in [1.807, 2.05) is 6.07 Å². The number of sulfone groups is 1. The van der Waals surface area contributed by atoms with Crippen LogP contribution in [0.2, 0.25) is 0 Å². The fraction of sp³-hybridized carbons (Fsp3) is 0.688. The first-order valence-electron chi connectivity index (χ1n) is 8.37. The quantitative estimate of drug-likeness (QED) is 0.898. The molecule has 0 radical (unpaired) electrons. The summed E-state index contributed by atoms with van der Waals surface area (Å²) < 4.78 is 23.0. The summed E-state index contributed by atoms with van der Waals surface area (Å²) in [5.41, 5.74) is 1.27. The molecule has 5 nitrogen and oxygen atoms in total. The van der Waals surface area contributed by atoms with Crippen molar-refractivity contribution in [1.82, 2.24) is 5.32 Å². The van der Waals surface area contributed by atoms with Crippen LogP contribution in [0.15, 0.2) is 6.07 Å². The Morgan fingerprint density at radius 3 is 2.96 bits per heavy atom. The van der Waals surface area contributed by atoms with E-state index >= 15 is 0 Å². The number of amides is 1. The summed E-state index contributed by atoms with van der Waals surface area (Å²) in [5, 5.41) is 4.13. The van der Waals surface area contributed by atoms with Crippen LogP contribution in [0.1, 0.15) is 47.8 Å². The monoisotopic (exact) mass is 356 g/mol. The molecule has 2 aliphatic heterocycles. The maximum atomic E-state index is 12.5. The minimum atomic E-state index is -2.97. The maximum absolute atomic E-state index is 12.5. The van der Waals surface area contributed by atoms with Gasteiger partial charge in [-0.15, -0.1) is 11.3 Å². The SMILES string of the molecule is CCCN1CCCCc2cc(C(=O)NC3CCS(=O)(=O)C3)sc21. The fourth-order valence-electron chi connectivity index (χ4n) is 3.35. The Labute approximate surface area is 142 Å². The number of carbonyl (C=O) groups excluding carboxylic acids is 1. The van der Waals surface area contributed by atoms with Gasteiger partial charge < -0.3 is 10.2 Å². The van der Waals surface area contributed by atoms with E-state index < -0.39 is 9.84 Å². The maximum Gasteiger partial charge on any atom is 0.261 e. The number of carbonyl (C=O) groups is 1. The highest BCUT2D eigenvalue weighted by atomic mass is 32.2. The molecule has 1 atom stereocenters. The highest BCUT2D eigenvalue weighted by Crippen LogP contribution is 2.35. The molecule has 1 fully saturated rings. The van der Waals surface area contributed by atoms with Gasteiger partial charge in [0.25, 0.3) is 5.91 Å². The Morgan fingerprint density at radius 1 is 1.43 bits per heavy atom. The molecule has 0 aliphatic carbocycles. The molecule has 0 spiro atoms. The molecule has 0 aromatic carbocycles. The lowest BCUT2D eigenvalue weighted by atomic mass is 10.1. The number of hydrogen-bond acceptors (Lipinski definition) is 5. The molecule has 1 saturated heterocycles. The molecule has 3 heterocycles. The van der Waals surface area contributed by atoms with Crippen molar-refractivity contribution in [3.8, 4) is 0 Å². The summed E-state index contributed by atoms with van der Waals surface area (Å²) in [6, 6.07) is 1.77. The van der Waals surface area contributed by atoms with Gasteiger partial charge in [-0.1, -0.05) is 6.92 Å². The van der Waals surface area contributed by atoms with Gasteiger partial charge in [0, 0.05) is 19.1 Å². The van der Waals surface area contributed by atoms with Crippen LogP contribution >= 0.6 is 11.3 Å². The first kappa shape index (κ1) is 16.8. The zero-order chi connectivity index (χ0) is 16.4. The van der Waals surface area contributed by atoms with Crippen LogP contribution in [-0.4, -0.2) is 45.0 Å². The lowest BCUT2D eigenvalue weighted by molar-refractivity contribution is 0.0945. The molecule has 128 valence electrons. The Bertz CT molecular complexity index is 681. The van der Waals surface area contributed by atoms with Crippen LogP contribution in [0.3, 0.4) is 0 Å². The van der Waals surface area contributed by atoms with Gasteiger partial charge in [-0.2, -0.15) is 0 Å². The molecular weight excluding hydrogens is 332 g/mol. The van der Waals surface area contributed by atoms with Crippen molar-refractivity contribution in [3.63, 3.8) is 0 Å². The summed E-state index contributed by atoms with van der Waals surface area (Å²) in [5.74, 6) is 0.135. The summed E-state index contributed by atoms with van der Waals surface area (Å²) in [7, 11) is -2.97. The van der Waals surface area contributed by atoms with Crippen molar-refractivity contribution < 1.29 is 13.2 Å². The van der Waals surface area contributed by atoms with Gasteiger partial charge >= 0.3 is 0 Å². The lowest BCUT2D eigenvalue weighted by Crippen LogP contribution is -2.35. The number of anilines is 1. The van der Waals surface area contributed by atoms with E-state index in [1.165, 1.54) is 17.0 Å². The molecular formula is C16H24N2O3S2. The largest absolute Gasteiger partial charge is 0.363 e. The van der Waals surface area contributed by atoms with E-state index in [9.17, 15) is 13.2 Å². The topological polar surface area (TPSA) is 66.5 Å². The number of aryl methyl sites for hydroxylation is 1. The first-order chi connectivity index (χ1) is 11.0. The Hall–Kier alpha value is -1.08. The third-order valence-electron chi connectivity index (χ3n) is 4.48. The van der Waals surface area contributed by atoms with Crippen LogP contribution in [-0.2, 0) is 16.3 Å². The first-order valence-corrected chi connectivity index (χ1v) is 11.0.